The Balaban J connectivity index is 1.74. The molecule has 1 aliphatic carbocycles. The van der Waals surface area contributed by atoms with E-state index in [1.807, 2.05) is 13.2 Å². The predicted molar refractivity (Wildman–Crippen MR) is 81.8 cm³/mol. The number of nitrogens with one attached hydrogen (secondary N) is 1. The van der Waals surface area contributed by atoms with Crippen LogP contribution in [0, 0.1) is 12.8 Å². The van der Waals surface area contributed by atoms with Gasteiger partial charge in [-0.15, -0.1) is 0 Å². The van der Waals surface area contributed by atoms with Gasteiger partial charge < -0.3 is 9.73 Å². The summed E-state index contributed by atoms with van der Waals surface area (Å²) in [6, 6.07) is 13.5. The molecule has 1 N–H and O–H groups in total. The largest absolute Gasteiger partial charge is 0.469 e. The summed E-state index contributed by atoms with van der Waals surface area (Å²) in [5, 5.41) is 3.70. The zero-order valence-corrected chi connectivity index (χ0v) is 12.3. The van der Waals surface area contributed by atoms with Crippen molar-refractivity contribution in [3.05, 3.63) is 59.5 Å². The van der Waals surface area contributed by atoms with Crippen molar-refractivity contribution in [2.24, 2.45) is 5.92 Å². The molecule has 2 aromatic rings. The monoisotopic (exact) mass is 269 g/mol. The molecule has 0 aliphatic heterocycles. The molecule has 0 bridgehead atoms. The van der Waals surface area contributed by atoms with Gasteiger partial charge in [0, 0.05) is 11.6 Å². The van der Waals surface area contributed by atoms with Crippen LogP contribution in [0.3, 0.4) is 0 Å². The number of furan rings is 1. The molecule has 2 nitrogen and oxygen atoms in total. The Labute approximate surface area is 121 Å². The molecular weight excluding hydrogens is 246 g/mol. The van der Waals surface area contributed by atoms with Crippen molar-refractivity contribution in [1.29, 1.82) is 0 Å². The minimum absolute atomic E-state index is 0.428. The summed E-state index contributed by atoms with van der Waals surface area (Å²) in [7, 11) is 0. The van der Waals surface area contributed by atoms with Gasteiger partial charge in [0.15, 0.2) is 0 Å². The highest BCUT2D eigenvalue weighted by Crippen LogP contribution is 2.54. The van der Waals surface area contributed by atoms with Crippen molar-refractivity contribution in [2.45, 2.75) is 38.6 Å². The maximum Gasteiger partial charge on any atom is 0.101 e. The van der Waals surface area contributed by atoms with Crippen molar-refractivity contribution < 1.29 is 4.42 Å². The van der Waals surface area contributed by atoms with Crippen molar-refractivity contribution in [3.63, 3.8) is 0 Å². The van der Waals surface area contributed by atoms with Crippen LogP contribution in [-0.2, 0) is 0 Å². The van der Waals surface area contributed by atoms with E-state index >= 15 is 0 Å². The second kappa shape index (κ2) is 5.84. The van der Waals surface area contributed by atoms with Crippen LogP contribution in [0.2, 0.25) is 0 Å². The summed E-state index contributed by atoms with van der Waals surface area (Å²) in [6.07, 6.45) is 4.36. The van der Waals surface area contributed by atoms with E-state index in [0.29, 0.717) is 17.9 Å². The Morgan fingerprint density at radius 3 is 2.75 bits per heavy atom. The third-order valence-corrected chi connectivity index (χ3v) is 4.22. The van der Waals surface area contributed by atoms with Crippen LogP contribution in [-0.4, -0.2) is 6.54 Å². The summed E-state index contributed by atoms with van der Waals surface area (Å²) in [5.41, 5.74) is 2.78. The highest BCUT2D eigenvalue weighted by Gasteiger charge is 2.44. The lowest BCUT2D eigenvalue weighted by molar-refractivity contribution is 0.463. The average Bonchev–Trinajstić information content (AvgIpc) is 3.15. The van der Waals surface area contributed by atoms with E-state index in [0.717, 1.165) is 18.7 Å². The van der Waals surface area contributed by atoms with Crippen LogP contribution in [0.25, 0.3) is 0 Å². The van der Waals surface area contributed by atoms with Gasteiger partial charge in [-0.05, 0) is 49.8 Å². The quantitative estimate of drug-likeness (QED) is 0.839. The van der Waals surface area contributed by atoms with Gasteiger partial charge in [0.1, 0.15) is 5.76 Å². The van der Waals surface area contributed by atoms with Crippen LogP contribution in [0.4, 0.5) is 0 Å². The summed E-state index contributed by atoms with van der Waals surface area (Å²) in [4.78, 5) is 0. The minimum atomic E-state index is 0.428. The summed E-state index contributed by atoms with van der Waals surface area (Å²) in [6.45, 7) is 5.29. The van der Waals surface area contributed by atoms with Crippen LogP contribution >= 0.6 is 0 Å². The maximum atomic E-state index is 5.50. The Morgan fingerprint density at radius 2 is 2.10 bits per heavy atom. The number of hydrogen-bond acceptors (Lipinski definition) is 2. The fraction of sp³-hybridized carbons (Fsp3) is 0.444. The minimum Gasteiger partial charge on any atom is -0.469 e. The SMILES string of the molecule is CCCNC(c1coc(C)c1)C1CC1c1ccccc1. The van der Waals surface area contributed by atoms with Gasteiger partial charge in [0.05, 0.1) is 6.26 Å². The smallest absolute Gasteiger partial charge is 0.101 e. The zero-order valence-electron chi connectivity index (χ0n) is 12.3. The molecule has 1 aliphatic rings. The van der Waals surface area contributed by atoms with Crippen LogP contribution < -0.4 is 5.32 Å². The van der Waals surface area contributed by atoms with Crippen LogP contribution in [0.15, 0.2) is 47.1 Å². The first-order chi connectivity index (χ1) is 9.79. The molecule has 3 rings (SSSR count). The van der Waals surface area contributed by atoms with Gasteiger partial charge in [0.2, 0.25) is 0 Å². The van der Waals surface area contributed by atoms with Crippen molar-refractivity contribution in [3.8, 4) is 0 Å². The Kier molecular flexibility index (Phi) is 3.93. The normalized spacial score (nSPS) is 22.7. The fourth-order valence-electron chi connectivity index (χ4n) is 3.11. The number of benzene rings is 1. The lowest BCUT2D eigenvalue weighted by atomic mass is 10.0. The molecule has 20 heavy (non-hydrogen) atoms. The summed E-state index contributed by atoms with van der Waals surface area (Å²) in [5.74, 6) is 2.39. The second-order valence-corrected chi connectivity index (χ2v) is 5.84. The van der Waals surface area contributed by atoms with E-state index in [1.54, 1.807) is 0 Å². The highest BCUT2D eigenvalue weighted by atomic mass is 16.3. The first-order valence-electron chi connectivity index (χ1n) is 7.63. The summed E-state index contributed by atoms with van der Waals surface area (Å²) >= 11 is 0. The molecule has 1 aromatic heterocycles. The molecule has 0 saturated heterocycles. The standard InChI is InChI=1S/C18H23NO/c1-3-9-19-18(15-10-13(2)20-12-15)17-11-16(17)14-7-5-4-6-8-14/h4-8,10,12,16-19H,3,9,11H2,1-2H3. The Bertz CT molecular complexity index is 546. The molecule has 1 fully saturated rings. The average molecular weight is 269 g/mol. The van der Waals surface area contributed by atoms with E-state index in [2.05, 4.69) is 48.6 Å². The van der Waals surface area contributed by atoms with Crippen LogP contribution in [0.1, 0.15) is 48.6 Å². The predicted octanol–water partition coefficient (Wildman–Crippen LogP) is 4.43. The second-order valence-electron chi connectivity index (χ2n) is 5.84. The fourth-order valence-corrected chi connectivity index (χ4v) is 3.11. The first kappa shape index (κ1) is 13.4. The van der Waals surface area contributed by atoms with E-state index in [4.69, 9.17) is 4.42 Å². The van der Waals surface area contributed by atoms with Crippen LogP contribution in [0.5, 0.6) is 0 Å². The summed E-state index contributed by atoms with van der Waals surface area (Å²) < 4.78 is 5.50. The van der Waals surface area contributed by atoms with Gasteiger partial charge in [-0.2, -0.15) is 0 Å². The van der Waals surface area contributed by atoms with E-state index in [1.165, 1.54) is 17.5 Å². The molecule has 0 radical (unpaired) electrons. The van der Waals surface area contributed by atoms with E-state index in [-0.39, 0.29) is 0 Å². The van der Waals surface area contributed by atoms with Gasteiger partial charge in [0.25, 0.3) is 0 Å². The molecule has 1 heterocycles. The lowest BCUT2D eigenvalue weighted by Gasteiger charge is -2.17. The molecule has 0 amide bonds. The van der Waals surface area contributed by atoms with Gasteiger partial charge in [-0.3, -0.25) is 0 Å². The van der Waals surface area contributed by atoms with Crippen molar-refractivity contribution >= 4 is 0 Å². The number of aryl methyl sites for hydroxylation is 1. The molecule has 2 heteroatoms. The molecule has 1 saturated carbocycles. The Hall–Kier alpha value is -1.54. The lowest BCUT2D eigenvalue weighted by Crippen LogP contribution is -2.24. The molecule has 0 spiro atoms. The third-order valence-electron chi connectivity index (χ3n) is 4.22. The van der Waals surface area contributed by atoms with E-state index in [9.17, 15) is 0 Å². The van der Waals surface area contributed by atoms with Crippen molar-refractivity contribution in [1.82, 2.24) is 5.32 Å². The third kappa shape index (κ3) is 2.80. The maximum absolute atomic E-state index is 5.50. The molecule has 106 valence electrons. The number of rotatable bonds is 6. The van der Waals surface area contributed by atoms with Crippen molar-refractivity contribution in [2.75, 3.05) is 6.54 Å². The Morgan fingerprint density at radius 1 is 1.30 bits per heavy atom. The molecular formula is C18H23NO. The van der Waals surface area contributed by atoms with Gasteiger partial charge in [-0.25, -0.2) is 0 Å². The first-order valence-corrected chi connectivity index (χ1v) is 7.63. The molecule has 1 aromatic carbocycles. The molecule has 3 unspecified atom stereocenters. The zero-order chi connectivity index (χ0) is 13.9. The van der Waals surface area contributed by atoms with Gasteiger partial charge in [-0.1, -0.05) is 37.3 Å². The molecule has 3 atom stereocenters. The number of hydrogen-bond donors (Lipinski definition) is 1. The van der Waals surface area contributed by atoms with Gasteiger partial charge >= 0.3 is 0 Å². The van der Waals surface area contributed by atoms with E-state index < -0.39 is 0 Å². The highest BCUT2D eigenvalue weighted by molar-refractivity contribution is 5.30. The topological polar surface area (TPSA) is 25.2 Å².